The fourth-order valence-corrected chi connectivity index (χ4v) is 2.37. The van der Waals surface area contributed by atoms with Gasteiger partial charge >= 0.3 is 5.97 Å². The number of H-pyrrole nitrogens is 1. The number of anilines is 1. The van der Waals surface area contributed by atoms with E-state index in [1.165, 1.54) is 44.5 Å². The molecule has 0 saturated carbocycles. The van der Waals surface area contributed by atoms with Gasteiger partial charge in [0.15, 0.2) is 11.5 Å². The predicted molar refractivity (Wildman–Crippen MR) is 110 cm³/mol. The van der Waals surface area contributed by atoms with Crippen molar-refractivity contribution in [1.29, 1.82) is 0 Å². The highest BCUT2D eigenvalue weighted by Crippen LogP contribution is 2.28. The first-order valence-corrected chi connectivity index (χ1v) is 8.74. The number of nitrogens with zero attached hydrogens (tertiary/aromatic N) is 4. The van der Waals surface area contributed by atoms with Crippen LogP contribution in [-0.2, 0) is 0 Å². The van der Waals surface area contributed by atoms with Gasteiger partial charge < -0.3 is 9.47 Å². The third kappa shape index (κ3) is 5.26. The van der Waals surface area contributed by atoms with Crippen molar-refractivity contribution >= 4 is 23.8 Å². The molecule has 3 rings (SSSR count). The van der Waals surface area contributed by atoms with Gasteiger partial charge in [0.05, 0.1) is 23.8 Å². The summed E-state index contributed by atoms with van der Waals surface area (Å²) >= 11 is 0. The van der Waals surface area contributed by atoms with E-state index in [4.69, 9.17) is 9.47 Å². The van der Waals surface area contributed by atoms with Crippen LogP contribution in [0, 0.1) is 17.0 Å². The summed E-state index contributed by atoms with van der Waals surface area (Å²) in [6.07, 6.45) is 1.43. The molecule has 0 unspecified atom stereocenters. The predicted octanol–water partition coefficient (Wildman–Crippen LogP) is 2.06. The lowest BCUT2D eigenvalue weighted by atomic mass is 10.2. The Labute approximate surface area is 174 Å². The van der Waals surface area contributed by atoms with Crippen LogP contribution in [-0.4, -0.2) is 39.4 Å². The number of ether oxygens (including phenoxy) is 2. The number of non-ortho nitro benzene ring substituents is 1. The van der Waals surface area contributed by atoms with Gasteiger partial charge in [-0.1, -0.05) is 6.07 Å². The summed E-state index contributed by atoms with van der Waals surface area (Å²) in [4.78, 5) is 36.6. The second-order valence-corrected chi connectivity index (χ2v) is 6.07. The molecule has 0 aliphatic carbocycles. The number of hydrogen-bond donors (Lipinski definition) is 2. The molecule has 12 nitrogen and oxygen atoms in total. The Bertz CT molecular complexity index is 1220. The van der Waals surface area contributed by atoms with Gasteiger partial charge in [-0.3, -0.25) is 19.9 Å². The van der Waals surface area contributed by atoms with Gasteiger partial charge in [-0.05, 0) is 36.8 Å². The molecule has 0 fully saturated rings. The first kappa shape index (κ1) is 21.1. The Morgan fingerprint density at radius 3 is 2.74 bits per heavy atom. The normalized spacial score (nSPS) is 10.6. The fourth-order valence-electron chi connectivity index (χ4n) is 2.37. The summed E-state index contributed by atoms with van der Waals surface area (Å²) < 4.78 is 10.5. The zero-order valence-corrected chi connectivity index (χ0v) is 16.4. The van der Waals surface area contributed by atoms with E-state index >= 15 is 0 Å². The number of methoxy groups -OCH3 is 1. The summed E-state index contributed by atoms with van der Waals surface area (Å²) in [5.41, 5.74) is 2.78. The molecule has 2 aromatic carbocycles. The van der Waals surface area contributed by atoms with Crippen molar-refractivity contribution in [2.75, 3.05) is 12.5 Å². The van der Waals surface area contributed by atoms with Crippen molar-refractivity contribution in [2.45, 2.75) is 6.92 Å². The lowest BCUT2D eigenvalue weighted by molar-refractivity contribution is -0.384. The van der Waals surface area contributed by atoms with E-state index in [1.54, 1.807) is 12.1 Å². The van der Waals surface area contributed by atoms with Crippen molar-refractivity contribution in [2.24, 2.45) is 5.10 Å². The Morgan fingerprint density at radius 2 is 2.03 bits per heavy atom. The largest absolute Gasteiger partial charge is 0.493 e. The smallest absolute Gasteiger partial charge is 0.343 e. The van der Waals surface area contributed by atoms with Crippen molar-refractivity contribution in [3.63, 3.8) is 0 Å². The van der Waals surface area contributed by atoms with Crippen LogP contribution < -0.4 is 20.5 Å². The zero-order chi connectivity index (χ0) is 22.4. The molecule has 0 bridgehead atoms. The number of nitro benzene ring substituents is 1. The van der Waals surface area contributed by atoms with Gasteiger partial charge in [0.2, 0.25) is 5.95 Å². The van der Waals surface area contributed by atoms with E-state index in [0.717, 1.165) is 6.07 Å². The molecule has 3 aromatic rings. The number of carbonyl (C=O) groups excluding carboxylic acids is 1. The summed E-state index contributed by atoms with van der Waals surface area (Å²) in [6.45, 7) is 1.53. The van der Waals surface area contributed by atoms with Crippen LogP contribution >= 0.6 is 0 Å². The molecule has 158 valence electrons. The van der Waals surface area contributed by atoms with Crippen LogP contribution in [0.2, 0.25) is 0 Å². The second-order valence-electron chi connectivity index (χ2n) is 6.07. The fraction of sp³-hybridized carbons (Fsp3) is 0.105. The second kappa shape index (κ2) is 9.26. The number of carbonyl (C=O) groups is 1. The van der Waals surface area contributed by atoms with Crippen molar-refractivity contribution in [3.8, 4) is 11.5 Å². The van der Waals surface area contributed by atoms with Crippen LogP contribution in [0.4, 0.5) is 11.6 Å². The summed E-state index contributed by atoms with van der Waals surface area (Å²) in [5, 5.41) is 22.2. The maximum absolute atomic E-state index is 12.3. The number of aryl methyl sites for hydroxylation is 1. The SMILES string of the molecule is COc1cc(/C=N/Nc2nnc(C)c(=O)[nH]2)ccc1OC(=O)c1cccc([N+](=O)[O-])c1. The highest BCUT2D eigenvalue weighted by Gasteiger charge is 2.16. The number of aromatic nitrogens is 3. The Morgan fingerprint density at radius 1 is 1.23 bits per heavy atom. The Hall–Kier alpha value is -4.61. The maximum atomic E-state index is 12.3. The van der Waals surface area contributed by atoms with Crippen molar-refractivity contribution < 1.29 is 19.2 Å². The molecular formula is C19H16N6O6. The Balaban J connectivity index is 1.72. The van der Waals surface area contributed by atoms with Crippen LogP contribution in [0.1, 0.15) is 21.6 Å². The van der Waals surface area contributed by atoms with Crippen molar-refractivity contribution in [3.05, 3.63) is 79.8 Å². The van der Waals surface area contributed by atoms with Gasteiger partial charge in [0.25, 0.3) is 11.2 Å². The average Bonchev–Trinajstić information content (AvgIpc) is 2.77. The first-order valence-electron chi connectivity index (χ1n) is 8.74. The molecule has 31 heavy (non-hydrogen) atoms. The molecule has 0 saturated heterocycles. The summed E-state index contributed by atoms with van der Waals surface area (Å²) in [7, 11) is 1.39. The molecular weight excluding hydrogens is 408 g/mol. The molecule has 0 radical (unpaired) electrons. The lowest BCUT2D eigenvalue weighted by Gasteiger charge is -2.10. The maximum Gasteiger partial charge on any atom is 0.343 e. The number of nitro groups is 1. The summed E-state index contributed by atoms with van der Waals surface area (Å²) in [5.74, 6) is -0.336. The number of benzene rings is 2. The van der Waals surface area contributed by atoms with Crippen LogP contribution in [0.25, 0.3) is 0 Å². The highest BCUT2D eigenvalue weighted by molar-refractivity contribution is 5.92. The third-order valence-corrected chi connectivity index (χ3v) is 3.93. The van der Waals surface area contributed by atoms with Gasteiger partial charge in [-0.2, -0.15) is 5.10 Å². The van der Waals surface area contributed by atoms with E-state index in [9.17, 15) is 19.7 Å². The molecule has 0 amide bonds. The number of aromatic amines is 1. The minimum atomic E-state index is -0.771. The molecule has 1 aromatic heterocycles. The third-order valence-electron chi connectivity index (χ3n) is 3.93. The van der Waals surface area contributed by atoms with Crippen LogP contribution in [0.15, 0.2) is 52.4 Å². The molecule has 0 atom stereocenters. The monoisotopic (exact) mass is 424 g/mol. The zero-order valence-electron chi connectivity index (χ0n) is 16.4. The van der Waals surface area contributed by atoms with Crippen molar-refractivity contribution in [1.82, 2.24) is 15.2 Å². The molecule has 12 heteroatoms. The molecule has 0 aliphatic rings. The van der Waals surface area contributed by atoms with Crippen LogP contribution in [0.3, 0.4) is 0 Å². The average molecular weight is 424 g/mol. The van der Waals surface area contributed by atoms with E-state index in [-0.39, 0.29) is 40.0 Å². The topological polar surface area (TPSA) is 162 Å². The first-order chi connectivity index (χ1) is 14.9. The standard InChI is InChI=1S/C19H16N6O6/c1-11-17(26)21-19(24-22-11)23-20-10-12-6-7-15(16(8-12)30-2)31-18(27)13-4-3-5-14(9-13)25(28)29/h3-10H,1-2H3,(H2,21,23,24,26)/b20-10+. The van der Waals surface area contributed by atoms with Gasteiger partial charge in [0.1, 0.15) is 5.69 Å². The summed E-state index contributed by atoms with van der Waals surface area (Å²) in [6, 6.07) is 9.86. The van der Waals surface area contributed by atoms with Gasteiger partial charge in [0, 0.05) is 12.1 Å². The van der Waals surface area contributed by atoms with E-state index in [0.29, 0.717) is 5.56 Å². The highest BCUT2D eigenvalue weighted by atomic mass is 16.6. The minimum Gasteiger partial charge on any atom is -0.493 e. The molecule has 0 aliphatic heterocycles. The molecule has 1 heterocycles. The lowest BCUT2D eigenvalue weighted by Crippen LogP contribution is -2.15. The number of hydrogen-bond acceptors (Lipinski definition) is 10. The number of nitrogens with one attached hydrogen (secondary N) is 2. The Kier molecular flexibility index (Phi) is 6.30. The number of esters is 1. The molecule has 0 spiro atoms. The quantitative estimate of drug-likeness (QED) is 0.190. The van der Waals surface area contributed by atoms with E-state index < -0.39 is 10.9 Å². The molecule has 2 N–H and O–H groups in total. The number of rotatable bonds is 7. The number of hydrazone groups is 1. The van der Waals surface area contributed by atoms with Gasteiger partial charge in [-0.15, -0.1) is 10.2 Å². The minimum absolute atomic E-state index is 0.0271. The van der Waals surface area contributed by atoms with Gasteiger partial charge in [-0.25, -0.2) is 10.2 Å². The van der Waals surface area contributed by atoms with E-state index in [1.807, 2.05) is 0 Å². The van der Waals surface area contributed by atoms with Crippen LogP contribution in [0.5, 0.6) is 11.5 Å². The van der Waals surface area contributed by atoms with E-state index in [2.05, 4.69) is 25.7 Å².